The highest BCUT2D eigenvalue weighted by molar-refractivity contribution is 6.14. The summed E-state index contributed by atoms with van der Waals surface area (Å²) >= 11 is 0. The Morgan fingerprint density at radius 2 is 1.20 bits per heavy atom. The molecule has 0 bridgehead atoms. The van der Waals surface area contributed by atoms with Crippen molar-refractivity contribution in [3.63, 3.8) is 0 Å². The average molecular weight is 531 g/mol. The number of nitrogens with one attached hydrogen (secondary N) is 1. The van der Waals surface area contributed by atoms with Crippen LogP contribution in [-0.4, -0.2) is 16.7 Å². The van der Waals surface area contributed by atoms with E-state index in [1.54, 1.807) is 0 Å². The Kier molecular flexibility index (Phi) is 6.36. The lowest BCUT2D eigenvalue weighted by Gasteiger charge is -2.24. The Balaban J connectivity index is 1.28. The SMILES string of the molecule is CC(C)c1ccc(-c2ccc(C3=NC(c4ccc5ccccc5c4)NC(c4ccc5ccccc5c4)=N3)cc2)cn1. The van der Waals surface area contributed by atoms with Crippen molar-refractivity contribution >= 4 is 33.2 Å². The minimum absolute atomic E-state index is 0.263. The van der Waals surface area contributed by atoms with Crippen molar-refractivity contribution in [2.45, 2.75) is 25.9 Å². The smallest absolute Gasteiger partial charge is 0.159 e. The zero-order chi connectivity index (χ0) is 27.8. The molecule has 7 rings (SSSR count). The Bertz CT molecular complexity index is 1930. The molecule has 5 aromatic carbocycles. The molecule has 0 saturated heterocycles. The van der Waals surface area contributed by atoms with Gasteiger partial charge in [0.15, 0.2) is 5.84 Å². The second-order valence-corrected chi connectivity index (χ2v) is 10.8. The predicted octanol–water partition coefficient (Wildman–Crippen LogP) is 8.67. The number of fused-ring (bicyclic) bond motifs is 2. The van der Waals surface area contributed by atoms with Gasteiger partial charge in [-0.05, 0) is 56.8 Å². The summed E-state index contributed by atoms with van der Waals surface area (Å²) in [5, 5.41) is 8.42. The lowest BCUT2D eigenvalue weighted by Crippen LogP contribution is -2.33. The maximum absolute atomic E-state index is 5.11. The summed E-state index contributed by atoms with van der Waals surface area (Å²) in [5.41, 5.74) is 6.44. The van der Waals surface area contributed by atoms with E-state index < -0.39 is 0 Å². The molecule has 0 radical (unpaired) electrons. The van der Waals surface area contributed by atoms with Crippen molar-refractivity contribution in [3.8, 4) is 11.1 Å². The molecule has 0 saturated carbocycles. The van der Waals surface area contributed by atoms with Gasteiger partial charge in [-0.1, -0.05) is 117 Å². The number of aromatic nitrogens is 1. The molecule has 1 unspecified atom stereocenters. The molecule has 1 N–H and O–H groups in total. The minimum atomic E-state index is -0.263. The van der Waals surface area contributed by atoms with Crippen LogP contribution in [0.1, 0.15) is 48.3 Å². The van der Waals surface area contributed by atoms with Gasteiger partial charge in [-0.3, -0.25) is 4.98 Å². The first-order chi connectivity index (χ1) is 20.1. The number of pyridine rings is 1. The van der Waals surface area contributed by atoms with Crippen LogP contribution >= 0.6 is 0 Å². The third kappa shape index (κ3) is 5.01. The third-order valence-electron chi connectivity index (χ3n) is 7.71. The van der Waals surface area contributed by atoms with E-state index in [2.05, 4.69) is 145 Å². The topological polar surface area (TPSA) is 49.6 Å². The van der Waals surface area contributed by atoms with Crippen LogP contribution in [0.2, 0.25) is 0 Å². The largest absolute Gasteiger partial charge is 0.344 e. The molecular weight excluding hydrogens is 500 g/mol. The van der Waals surface area contributed by atoms with Crippen molar-refractivity contribution in [3.05, 3.63) is 150 Å². The highest BCUT2D eigenvalue weighted by Gasteiger charge is 2.21. The fourth-order valence-electron chi connectivity index (χ4n) is 5.34. The highest BCUT2D eigenvalue weighted by Crippen LogP contribution is 2.27. The number of nitrogens with zero attached hydrogens (tertiary/aromatic N) is 3. The monoisotopic (exact) mass is 530 g/mol. The summed E-state index contributed by atoms with van der Waals surface area (Å²) in [6.07, 6.45) is 1.69. The van der Waals surface area contributed by atoms with Gasteiger partial charge in [0.25, 0.3) is 0 Å². The molecule has 0 aliphatic carbocycles. The van der Waals surface area contributed by atoms with Gasteiger partial charge in [-0.15, -0.1) is 0 Å². The molecule has 1 aliphatic rings. The van der Waals surface area contributed by atoms with Crippen LogP contribution in [0, 0.1) is 0 Å². The normalized spacial score (nSPS) is 15.0. The standard InChI is InChI=1S/C37H30N4/c1-24(2)34-20-19-33(23-38-34)27-11-15-28(16-12-27)35-39-36(31-17-13-25-7-3-5-9-29(25)21-31)41-37(40-35)32-18-14-26-8-4-6-10-30(26)22-32/h3-24,36H,1-2H3,(H,39,40,41). The van der Waals surface area contributed by atoms with Crippen molar-refractivity contribution in [1.29, 1.82) is 0 Å². The molecule has 2 heterocycles. The number of hydrogen-bond acceptors (Lipinski definition) is 4. The molecule has 4 heteroatoms. The van der Waals surface area contributed by atoms with E-state index in [4.69, 9.17) is 9.98 Å². The Hall–Kier alpha value is -5.09. The van der Waals surface area contributed by atoms with Crippen LogP contribution in [0.4, 0.5) is 0 Å². The quantitative estimate of drug-likeness (QED) is 0.242. The Morgan fingerprint density at radius 3 is 1.88 bits per heavy atom. The number of amidine groups is 2. The minimum Gasteiger partial charge on any atom is -0.344 e. The van der Waals surface area contributed by atoms with Crippen LogP contribution < -0.4 is 5.32 Å². The van der Waals surface area contributed by atoms with E-state index in [0.29, 0.717) is 11.8 Å². The summed E-state index contributed by atoms with van der Waals surface area (Å²) in [6, 6.07) is 42.6. The van der Waals surface area contributed by atoms with Crippen molar-refractivity contribution in [2.24, 2.45) is 9.98 Å². The second kappa shape index (κ2) is 10.5. The average Bonchev–Trinajstić information content (AvgIpc) is 3.04. The summed E-state index contributed by atoms with van der Waals surface area (Å²) < 4.78 is 0. The summed E-state index contributed by atoms with van der Waals surface area (Å²) in [7, 11) is 0. The molecule has 198 valence electrons. The fraction of sp³-hybridized carbons (Fsp3) is 0.108. The van der Waals surface area contributed by atoms with Gasteiger partial charge < -0.3 is 5.32 Å². The molecule has 0 spiro atoms. The first kappa shape index (κ1) is 24.9. The van der Waals surface area contributed by atoms with Gasteiger partial charge in [0.1, 0.15) is 12.0 Å². The second-order valence-electron chi connectivity index (χ2n) is 10.8. The number of benzene rings is 5. The lowest BCUT2D eigenvalue weighted by atomic mass is 10.0. The van der Waals surface area contributed by atoms with Gasteiger partial charge in [0, 0.05) is 28.6 Å². The zero-order valence-electron chi connectivity index (χ0n) is 23.1. The summed E-state index contributed by atoms with van der Waals surface area (Å²) in [5.74, 6) is 1.94. The fourth-order valence-corrected chi connectivity index (χ4v) is 5.34. The molecule has 1 aromatic heterocycles. The first-order valence-electron chi connectivity index (χ1n) is 14.1. The summed E-state index contributed by atoms with van der Waals surface area (Å²) in [6.45, 7) is 4.32. The van der Waals surface area contributed by atoms with Crippen LogP contribution in [0.5, 0.6) is 0 Å². The Labute approximate surface area is 240 Å². The van der Waals surface area contributed by atoms with Gasteiger partial charge in [0.2, 0.25) is 0 Å². The van der Waals surface area contributed by atoms with Crippen LogP contribution in [0.3, 0.4) is 0 Å². The Morgan fingerprint density at radius 1 is 0.585 bits per heavy atom. The molecule has 6 aromatic rings. The van der Waals surface area contributed by atoms with Gasteiger partial charge in [0.05, 0.1) is 0 Å². The molecule has 41 heavy (non-hydrogen) atoms. The highest BCUT2D eigenvalue weighted by atomic mass is 15.2. The van der Waals surface area contributed by atoms with Crippen LogP contribution in [0.15, 0.2) is 138 Å². The van der Waals surface area contributed by atoms with Gasteiger partial charge in [-0.25, -0.2) is 9.98 Å². The molecular formula is C37H30N4. The molecule has 1 aliphatic heterocycles. The van der Waals surface area contributed by atoms with E-state index in [1.165, 1.54) is 21.5 Å². The van der Waals surface area contributed by atoms with E-state index in [1.807, 2.05) is 6.20 Å². The maximum atomic E-state index is 5.11. The maximum Gasteiger partial charge on any atom is 0.159 e. The van der Waals surface area contributed by atoms with Crippen molar-refractivity contribution in [2.75, 3.05) is 0 Å². The lowest BCUT2D eigenvalue weighted by molar-refractivity contribution is 0.675. The molecule has 0 amide bonds. The summed E-state index contributed by atoms with van der Waals surface area (Å²) in [4.78, 5) is 14.8. The van der Waals surface area contributed by atoms with E-state index in [-0.39, 0.29) is 6.17 Å². The molecule has 1 atom stereocenters. The molecule has 4 nitrogen and oxygen atoms in total. The van der Waals surface area contributed by atoms with Gasteiger partial charge in [-0.2, -0.15) is 0 Å². The van der Waals surface area contributed by atoms with E-state index in [0.717, 1.165) is 39.3 Å². The van der Waals surface area contributed by atoms with E-state index >= 15 is 0 Å². The van der Waals surface area contributed by atoms with Gasteiger partial charge >= 0.3 is 0 Å². The van der Waals surface area contributed by atoms with Crippen molar-refractivity contribution in [1.82, 2.24) is 10.3 Å². The number of rotatable bonds is 5. The van der Waals surface area contributed by atoms with Crippen LogP contribution in [-0.2, 0) is 0 Å². The molecule has 0 fully saturated rings. The zero-order valence-corrected chi connectivity index (χ0v) is 23.1. The first-order valence-corrected chi connectivity index (χ1v) is 14.1. The third-order valence-corrected chi connectivity index (χ3v) is 7.71. The van der Waals surface area contributed by atoms with Crippen LogP contribution in [0.25, 0.3) is 32.7 Å². The van der Waals surface area contributed by atoms with Crippen molar-refractivity contribution < 1.29 is 0 Å². The predicted molar refractivity (Wildman–Crippen MR) is 171 cm³/mol. The number of aliphatic imine (C=N–C) groups is 2. The van der Waals surface area contributed by atoms with E-state index in [9.17, 15) is 0 Å². The number of hydrogen-bond donors (Lipinski definition) is 1.